The molecule has 1 aromatic heterocycles. The molecule has 1 saturated heterocycles. The van der Waals surface area contributed by atoms with E-state index in [1.165, 1.54) is 17.8 Å². The highest BCUT2D eigenvalue weighted by Crippen LogP contribution is 2.38. The lowest BCUT2D eigenvalue weighted by molar-refractivity contribution is 0.281. The van der Waals surface area contributed by atoms with E-state index in [0.29, 0.717) is 29.7 Å². The van der Waals surface area contributed by atoms with Crippen LogP contribution in [-0.4, -0.2) is 35.4 Å². The van der Waals surface area contributed by atoms with E-state index in [1.807, 2.05) is 6.07 Å². The fourth-order valence-corrected chi connectivity index (χ4v) is 7.82. The number of hydrogen-bond donors (Lipinski definition) is 0. The first-order valence-electron chi connectivity index (χ1n) is 11.9. The molecule has 0 N–H and O–H groups in total. The van der Waals surface area contributed by atoms with Gasteiger partial charge in [0.15, 0.2) is 5.16 Å². The summed E-state index contributed by atoms with van der Waals surface area (Å²) in [5.74, 6) is -0.319. The highest BCUT2D eigenvalue weighted by molar-refractivity contribution is 7.98. The van der Waals surface area contributed by atoms with Crippen molar-refractivity contribution in [2.45, 2.75) is 67.3 Å². The summed E-state index contributed by atoms with van der Waals surface area (Å²) < 4.78 is 58.2. The fourth-order valence-electron chi connectivity index (χ4n) is 5.14. The standard InChI is InChI=1S/C25H29F2N3O2S2/c1-17-5-4-12-29(15-17)34(31,32)21-9-11-24-23(14-21)28-25(30(24)20-6-2-3-7-20)33-16-18-13-19(26)8-10-22(18)27/h8-11,13-14,17,20H,2-7,12,15-16H2,1H3. The molecule has 5 rings (SSSR count). The van der Waals surface area contributed by atoms with Gasteiger partial charge in [0.25, 0.3) is 0 Å². The Hall–Kier alpha value is -1.97. The molecule has 2 aromatic carbocycles. The van der Waals surface area contributed by atoms with Crippen LogP contribution < -0.4 is 0 Å². The van der Waals surface area contributed by atoms with Crippen LogP contribution in [0.15, 0.2) is 46.5 Å². The number of piperidine rings is 1. The van der Waals surface area contributed by atoms with Gasteiger partial charge in [-0.3, -0.25) is 0 Å². The average Bonchev–Trinajstić information content (AvgIpc) is 3.46. The highest BCUT2D eigenvalue weighted by atomic mass is 32.2. The van der Waals surface area contributed by atoms with Crippen LogP contribution in [0.5, 0.6) is 0 Å². The zero-order chi connectivity index (χ0) is 23.9. The predicted molar refractivity (Wildman–Crippen MR) is 130 cm³/mol. The number of halogens is 2. The Labute approximate surface area is 203 Å². The minimum Gasteiger partial charge on any atom is -0.316 e. The first kappa shape index (κ1) is 23.8. The normalized spacial score (nSPS) is 20.4. The number of sulfonamides is 1. The van der Waals surface area contributed by atoms with Crippen molar-refractivity contribution in [2.75, 3.05) is 13.1 Å². The Morgan fingerprint density at radius 3 is 2.62 bits per heavy atom. The van der Waals surface area contributed by atoms with Gasteiger partial charge >= 0.3 is 0 Å². The monoisotopic (exact) mass is 505 g/mol. The van der Waals surface area contributed by atoms with E-state index >= 15 is 0 Å². The van der Waals surface area contributed by atoms with Crippen molar-refractivity contribution in [3.63, 3.8) is 0 Å². The van der Waals surface area contributed by atoms with Gasteiger partial charge in [0.05, 0.1) is 15.9 Å². The summed E-state index contributed by atoms with van der Waals surface area (Å²) in [5, 5.41) is 0.715. The lowest BCUT2D eigenvalue weighted by Crippen LogP contribution is -2.39. The molecular weight excluding hydrogens is 476 g/mol. The molecule has 3 aromatic rings. The summed E-state index contributed by atoms with van der Waals surface area (Å²) in [7, 11) is -3.59. The van der Waals surface area contributed by atoms with Gasteiger partial charge in [-0.2, -0.15) is 4.31 Å². The Morgan fingerprint density at radius 1 is 1.06 bits per heavy atom. The number of benzene rings is 2. The van der Waals surface area contributed by atoms with Crippen LogP contribution in [0.4, 0.5) is 8.78 Å². The van der Waals surface area contributed by atoms with E-state index in [2.05, 4.69) is 11.5 Å². The lowest BCUT2D eigenvalue weighted by Gasteiger charge is -2.30. The number of hydrogen-bond acceptors (Lipinski definition) is 4. The quantitative estimate of drug-likeness (QED) is 0.378. The minimum absolute atomic E-state index is 0.246. The van der Waals surface area contributed by atoms with Crippen LogP contribution in [0, 0.1) is 17.6 Å². The maximum atomic E-state index is 14.2. The Kier molecular flexibility index (Phi) is 6.70. The second-order valence-corrected chi connectivity index (χ2v) is 12.4. The average molecular weight is 506 g/mol. The summed E-state index contributed by atoms with van der Waals surface area (Å²) in [4.78, 5) is 5.05. The number of fused-ring (bicyclic) bond motifs is 1. The molecule has 0 amide bonds. The molecule has 9 heteroatoms. The molecule has 0 bridgehead atoms. The fraction of sp³-hybridized carbons (Fsp3) is 0.480. The number of aromatic nitrogens is 2. The van der Waals surface area contributed by atoms with Crippen LogP contribution in [0.25, 0.3) is 11.0 Å². The van der Waals surface area contributed by atoms with Crippen LogP contribution in [0.3, 0.4) is 0 Å². The zero-order valence-corrected chi connectivity index (χ0v) is 20.8. The number of rotatable bonds is 6. The lowest BCUT2D eigenvalue weighted by atomic mass is 10.0. The van der Waals surface area contributed by atoms with Crippen molar-refractivity contribution in [3.8, 4) is 0 Å². The summed E-state index contributed by atoms with van der Waals surface area (Å²) in [6.07, 6.45) is 6.23. The third kappa shape index (κ3) is 4.62. The van der Waals surface area contributed by atoms with Crippen molar-refractivity contribution in [1.82, 2.24) is 13.9 Å². The van der Waals surface area contributed by atoms with Crippen LogP contribution in [0.2, 0.25) is 0 Å². The summed E-state index contributed by atoms with van der Waals surface area (Å²) in [6.45, 7) is 3.16. The molecule has 0 spiro atoms. The van der Waals surface area contributed by atoms with E-state index in [0.717, 1.165) is 56.2 Å². The van der Waals surface area contributed by atoms with Gasteiger partial charge in [-0.25, -0.2) is 22.2 Å². The minimum atomic E-state index is -3.59. The first-order chi connectivity index (χ1) is 16.3. The second kappa shape index (κ2) is 9.59. The molecule has 1 aliphatic carbocycles. The van der Waals surface area contributed by atoms with Crippen LogP contribution in [0.1, 0.15) is 57.1 Å². The summed E-state index contributed by atoms with van der Waals surface area (Å²) >= 11 is 1.36. The van der Waals surface area contributed by atoms with Crippen molar-refractivity contribution < 1.29 is 17.2 Å². The molecule has 2 heterocycles. The van der Waals surface area contributed by atoms with Gasteiger partial charge in [0.1, 0.15) is 11.6 Å². The van der Waals surface area contributed by atoms with Crippen molar-refractivity contribution in [1.29, 1.82) is 0 Å². The predicted octanol–water partition coefficient (Wildman–Crippen LogP) is 6.14. The van der Waals surface area contributed by atoms with E-state index < -0.39 is 21.7 Å². The van der Waals surface area contributed by atoms with Gasteiger partial charge in [-0.05, 0) is 68.0 Å². The molecule has 2 fully saturated rings. The second-order valence-electron chi connectivity index (χ2n) is 9.49. The third-order valence-corrected chi connectivity index (χ3v) is 9.80. The first-order valence-corrected chi connectivity index (χ1v) is 14.3. The van der Waals surface area contributed by atoms with E-state index in [1.54, 1.807) is 16.4 Å². The van der Waals surface area contributed by atoms with Crippen molar-refractivity contribution in [3.05, 3.63) is 53.6 Å². The SMILES string of the molecule is CC1CCCN(S(=O)(=O)c2ccc3c(c2)nc(SCc2cc(F)ccc2F)n3C2CCCC2)C1. The van der Waals surface area contributed by atoms with Gasteiger partial charge in [0.2, 0.25) is 10.0 Å². The molecule has 0 radical (unpaired) electrons. The van der Waals surface area contributed by atoms with Crippen molar-refractivity contribution in [2.24, 2.45) is 5.92 Å². The highest BCUT2D eigenvalue weighted by Gasteiger charge is 2.30. The van der Waals surface area contributed by atoms with Crippen molar-refractivity contribution >= 4 is 32.8 Å². The molecule has 5 nitrogen and oxygen atoms in total. The molecule has 1 aliphatic heterocycles. The van der Waals surface area contributed by atoms with E-state index in [-0.39, 0.29) is 22.3 Å². The maximum Gasteiger partial charge on any atom is 0.243 e. The smallest absolute Gasteiger partial charge is 0.243 e. The maximum absolute atomic E-state index is 14.2. The van der Waals surface area contributed by atoms with Gasteiger partial charge in [-0.15, -0.1) is 0 Å². The molecule has 182 valence electrons. The Balaban J connectivity index is 1.50. The Morgan fingerprint density at radius 2 is 1.85 bits per heavy atom. The summed E-state index contributed by atoms with van der Waals surface area (Å²) in [6, 6.07) is 8.96. The number of imidazole rings is 1. The zero-order valence-electron chi connectivity index (χ0n) is 19.2. The van der Waals surface area contributed by atoms with Crippen LogP contribution >= 0.6 is 11.8 Å². The van der Waals surface area contributed by atoms with Gasteiger partial charge < -0.3 is 4.57 Å². The Bertz CT molecular complexity index is 1300. The molecule has 1 saturated carbocycles. The summed E-state index contributed by atoms with van der Waals surface area (Å²) in [5.41, 5.74) is 1.80. The molecule has 1 atom stereocenters. The molecular formula is C25H29F2N3O2S2. The largest absolute Gasteiger partial charge is 0.316 e. The van der Waals surface area contributed by atoms with Gasteiger partial charge in [-0.1, -0.05) is 31.5 Å². The third-order valence-electron chi connectivity index (χ3n) is 6.94. The molecule has 34 heavy (non-hydrogen) atoms. The molecule has 1 unspecified atom stereocenters. The van der Waals surface area contributed by atoms with E-state index in [9.17, 15) is 17.2 Å². The number of nitrogens with zero attached hydrogens (tertiary/aromatic N) is 3. The van der Waals surface area contributed by atoms with E-state index in [4.69, 9.17) is 4.98 Å². The number of thioether (sulfide) groups is 1. The topological polar surface area (TPSA) is 55.2 Å². The molecule has 2 aliphatic rings. The van der Waals surface area contributed by atoms with Gasteiger partial charge in [0, 0.05) is 30.4 Å². The van der Waals surface area contributed by atoms with Crippen LogP contribution in [-0.2, 0) is 15.8 Å².